The molecule has 2 heterocycles. The highest BCUT2D eigenvalue weighted by molar-refractivity contribution is 6.31. The minimum absolute atomic E-state index is 0.0439. The Morgan fingerprint density at radius 1 is 1.24 bits per heavy atom. The Bertz CT molecular complexity index is 1020. The van der Waals surface area contributed by atoms with E-state index in [0.29, 0.717) is 23.9 Å². The first-order chi connectivity index (χ1) is 14.0. The molecule has 1 N–H and O–H groups in total. The Labute approximate surface area is 172 Å². The number of benzene rings is 2. The van der Waals surface area contributed by atoms with Crippen molar-refractivity contribution in [3.05, 3.63) is 64.8 Å². The second-order valence-corrected chi connectivity index (χ2v) is 7.49. The van der Waals surface area contributed by atoms with E-state index in [4.69, 9.17) is 16.1 Å². The lowest BCUT2D eigenvalue weighted by Crippen LogP contribution is -2.41. The third-order valence-electron chi connectivity index (χ3n) is 4.97. The van der Waals surface area contributed by atoms with Crippen molar-refractivity contribution in [2.45, 2.75) is 32.2 Å². The first-order valence-corrected chi connectivity index (χ1v) is 9.82. The number of nitrogens with zero attached hydrogens (tertiary/aromatic N) is 3. The van der Waals surface area contributed by atoms with Gasteiger partial charge in [0, 0.05) is 17.8 Å². The summed E-state index contributed by atoms with van der Waals surface area (Å²) in [5.41, 5.74) is 2.43. The zero-order valence-electron chi connectivity index (χ0n) is 15.9. The Balaban J connectivity index is 1.53. The SMILES string of the molecule is Cc1ccc(-c2noc([C@H]3CCCCN3C(=O)Nc3ccc(F)c(Cl)c3)n2)cc1. The van der Waals surface area contributed by atoms with Crippen LogP contribution in [0.15, 0.2) is 47.0 Å². The first-order valence-electron chi connectivity index (χ1n) is 9.44. The zero-order chi connectivity index (χ0) is 20.4. The molecule has 0 radical (unpaired) electrons. The summed E-state index contributed by atoms with van der Waals surface area (Å²) in [6.07, 6.45) is 2.57. The molecule has 4 rings (SSSR count). The third kappa shape index (κ3) is 4.24. The number of amides is 2. The standard InChI is InChI=1S/C21H20ClFN4O2/c1-13-5-7-14(8-6-13)19-25-20(29-26-19)18-4-2-3-11-27(18)21(28)24-15-9-10-17(23)16(22)12-15/h5-10,12,18H,2-4,11H2,1H3,(H,24,28)/t18-/m1/s1. The van der Waals surface area contributed by atoms with E-state index in [-0.39, 0.29) is 17.1 Å². The lowest BCUT2D eigenvalue weighted by Gasteiger charge is -2.33. The highest BCUT2D eigenvalue weighted by atomic mass is 35.5. The van der Waals surface area contributed by atoms with Crippen molar-refractivity contribution < 1.29 is 13.7 Å². The summed E-state index contributed by atoms with van der Waals surface area (Å²) in [4.78, 5) is 19.1. The highest BCUT2D eigenvalue weighted by Gasteiger charge is 2.32. The fourth-order valence-electron chi connectivity index (χ4n) is 3.39. The molecule has 0 spiro atoms. The molecule has 0 unspecified atom stereocenters. The van der Waals surface area contributed by atoms with Gasteiger partial charge in [0.25, 0.3) is 0 Å². The number of halogens is 2. The molecular weight excluding hydrogens is 395 g/mol. The lowest BCUT2D eigenvalue weighted by molar-refractivity contribution is 0.142. The second-order valence-electron chi connectivity index (χ2n) is 7.09. The molecule has 2 amide bonds. The number of nitrogens with one attached hydrogen (secondary N) is 1. The van der Waals surface area contributed by atoms with Gasteiger partial charge in [0.05, 0.1) is 5.02 Å². The van der Waals surface area contributed by atoms with Crippen molar-refractivity contribution in [1.82, 2.24) is 15.0 Å². The molecule has 0 aliphatic carbocycles. The largest absolute Gasteiger partial charge is 0.337 e. The molecule has 1 aliphatic rings. The highest BCUT2D eigenvalue weighted by Crippen LogP contribution is 2.32. The van der Waals surface area contributed by atoms with Crippen molar-refractivity contribution >= 4 is 23.3 Å². The van der Waals surface area contributed by atoms with Crippen LogP contribution in [-0.2, 0) is 0 Å². The van der Waals surface area contributed by atoms with Crippen molar-refractivity contribution in [3.8, 4) is 11.4 Å². The molecule has 1 saturated heterocycles. The van der Waals surface area contributed by atoms with Gasteiger partial charge in [-0.05, 0) is 44.4 Å². The minimum Gasteiger partial charge on any atom is -0.337 e. The Morgan fingerprint density at radius 2 is 2.03 bits per heavy atom. The molecule has 1 aromatic heterocycles. The molecule has 1 atom stereocenters. The summed E-state index contributed by atoms with van der Waals surface area (Å²) in [6, 6.07) is 11.3. The van der Waals surface area contributed by atoms with Crippen molar-refractivity contribution in [2.75, 3.05) is 11.9 Å². The Morgan fingerprint density at radius 3 is 2.79 bits per heavy atom. The van der Waals surface area contributed by atoms with Crippen LogP contribution in [0.25, 0.3) is 11.4 Å². The fraction of sp³-hybridized carbons (Fsp3) is 0.286. The zero-order valence-corrected chi connectivity index (χ0v) is 16.6. The van der Waals surface area contributed by atoms with E-state index in [9.17, 15) is 9.18 Å². The lowest BCUT2D eigenvalue weighted by atomic mass is 10.0. The number of likely N-dealkylation sites (tertiary alicyclic amines) is 1. The van der Waals surface area contributed by atoms with Crippen LogP contribution in [0, 0.1) is 12.7 Å². The topological polar surface area (TPSA) is 71.3 Å². The Hall–Kier alpha value is -2.93. The summed E-state index contributed by atoms with van der Waals surface area (Å²) < 4.78 is 18.9. The van der Waals surface area contributed by atoms with Gasteiger partial charge in [0.2, 0.25) is 11.7 Å². The Kier molecular flexibility index (Phi) is 5.49. The van der Waals surface area contributed by atoms with E-state index in [1.54, 1.807) is 4.90 Å². The number of aryl methyl sites for hydroxylation is 1. The number of anilines is 1. The predicted molar refractivity (Wildman–Crippen MR) is 108 cm³/mol. The summed E-state index contributed by atoms with van der Waals surface area (Å²) in [5.74, 6) is 0.374. The van der Waals surface area contributed by atoms with E-state index in [2.05, 4.69) is 15.5 Å². The van der Waals surface area contributed by atoms with Crippen LogP contribution in [0.3, 0.4) is 0 Å². The molecule has 2 aromatic carbocycles. The minimum atomic E-state index is -0.532. The van der Waals surface area contributed by atoms with Gasteiger partial charge in [0.15, 0.2) is 0 Å². The van der Waals surface area contributed by atoms with Crippen LogP contribution in [0.2, 0.25) is 5.02 Å². The predicted octanol–water partition coefficient (Wildman–Crippen LogP) is 5.60. The fourth-order valence-corrected chi connectivity index (χ4v) is 3.57. The van der Waals surface area contributed by atoms with Gasteiger partial charge in [0.1, 0.15) is 11.9 Å². The number of hydrogen-bond acceptors (Lipinski definition) is 4. The van der Waals surface area contributed by atoms with E-state index in [1.165, 1.54) is 18.2 Å². The molecular formula is C21H20ClFN4O2. The molecule has 8 heteroatoms. The number of urea groups is 1. The van der Waals surface area contributed by atoms with Crippen LogP contribution in [0.5, 0.6) is 0 Å². The van der Waals surface area contributed by atoms with Crippen LogP contribution in [0.4, 0.5) is 14.9 Å². The smallest absolute Gasteiger partial charge is 0.322 e. The van der Waals surface area contributed by atoms with Gasteiger partial charge in [-0.2, -0.15) is 4.98 Å². The number of carbonyl (C=O) groups excluding carboxylic acids is 1. The number of piperidine rings is 1. The van der Waals surface area contributed by atoms with Gasteiger partial charge >= 0.3 is 6.03 Å². The van der Waals surface area contributed by atoms with E-state index in [1.807, 2.05) is 31.2 Å². The van der Waals surface area contributed by atoms with E-state index >= 15 is 0 Å². The van der Waals surface area contributed by atoms with Gasteiger partial charge in [-0.3, -0.25) is 0 Å². The third-order valence-corrected chi connectivity index (χ3v) is 5.26. The average Bonchev–Trinajstić information content (AvgIpc) is 3.21. The van der Waals surface area contributed by atoms with Crippen LogP contribution >= 0.6 is 11.6 Å². The number of hydrogen-bond donors (Lipinski definition) is 1. The summed E-state index contributed by atoms with van der Waals surface area (Å²) >= 11 is 5.81. The normalized spacial score (nSPS) is 16.7. The number of aromatic nitrogens is 2. The molecule has 6 nitrogen and oxygen atoms in total. The monoisotopic (exact) mass is 414 g/mol. The van der Waals surface area contributed by atoms with Gasteiger partial charge in [-0.15, -0.1) is 0 Å². The molecule has 150 valence electrons. The van der Waals surface area contributed by atoms with Crippen molar-refractivity contribution in [2.24, 2.45) is 0 Å². The molecule has 1 aliphatic heterocycles. The van der Waals surface area contributed by atoms with Crippen molar-refractivity contribution in [3.63, 3.8) is 0 Å². The maximum atomic E-state index is 13.4. The second kappa shape index (κ2) is 8.21. The van der Waals surface area contributed by atoms with Crippen molar-refractivity contribution in [1.29, 1.82) is 0 Å². The van der Waals surface area contributed by atoms with Gasteiger partial charge < -0.3 is 14.7 Å². The number of carbonyl (C=O) groups is 1. The number of rotatable bonds is 3. The van der Waals surface area contributed by atoms with Gasteiger partial charge in [-0.1, -0.05) is 46.6 Å². The molecule has 29 heavy (non-hydrogen) atoms. The molecule has 3 aromatic rings. The molecule has 0 saturated carbocycles. The molecule has 1 fully saturated rings. The molecule has 0 bridgehead atoms. The maximum absolute atomic E-state index is 13.4. The average molecular weight is 415 g/mol. The van der Waals surface area contributed by atoms with Gasteiger partial charge in [-0.25, -0.2) is 9.18 Å². The summed E-state index contributed by atoms with van der Waals surface area (Å²) in [5, 5.41) is 6.81. The quantitative estimate of drug-likeness (QED) is 0.605. The van der Waals surface area contributed by atoms with E-state index in [0.717, 1.165) is 30.4 Å². The van der Waals surface area contributed by atoms with E-state index < -0.39 is 5.82 Å². The first kappa shape index (κ1) is 19.4. The van der Waals surface area contributed by atoms with Crippen LogP contribution in [0.1, 0.15) is 36.8 Å². The summed E-state index contributed by atoms with van der Waals surface area (Å²) in [7, 11) is 0. The van der Waals surface area contributed by atoms with Crippen LogP contribution in [-0.4, -0.2) is 27.6 Å². The summed E-state index contributed by atoms with van der Waals surface area (Å²) in [6.45, 7) is 2.58. The maximum Gasteiger partial charge on any atom is 0.322 e. The van der Waals surface area contributed by atoms with Crippen LogP contribution < -0.4 is 5.32 Å².